The molecule has 0 aliphatic carbocycles. The van der Waals surface area contributed by atoms with Crippen molar-refractivity contribution in [2.45, 2.75) is 6.61 Å². The molecule has 3 N–H and O–H groups in total. The number of hydrogen-bond acceptors (Lipinski definition) is 7. The molecule has 8 nitrogen and oxygen atoms in total. The summed E-state index contributed by atoms with van der Waals surface area (Å²) in [6.45, 7) is -0.0254. The Balaban J connectivity index is 1.88. The summed E-state index contributed by atoms with van der Waals surface area (Å²) >= 11 is 0. The van der Waals surface area contributed by atoms with E-state index in [1.165, 1.54) is 4.68 Å². The van der Waals surface area contributed by atoms with Crippen LogP contribution in [0.15, 0.2) is 42.7 Å². The van der Waals surface area contributed by atoms with E-state index in [9.17, 15) is 0 Å². The Hall–Kier alpha value is -3.00. The van der Waals surface area contributed by atoms with Gasteiger partial charge in [-0.05, 0) is 23.8 Å². The monoisotopic (exact) mass is 284 g/mol. The minimum Gasteiger partial charge on any atom is -0.424 e. The van der Waals surface area contributed by atoms with E-state index in [1.807, 2.05) is 0 Å². The maximum atomic E-state index is 9.00. The Labute approximate surface area is 119 Å². The van der Waals surface area contributed by atoms with Gasteiger partial charge in [-0.1, -0.05) is 12.1 Å². The number of nitrogens with zero attached hydrogens (tertiary/aromatic N) is 5. The number of nitrogen functional groups attached to an aromatic ring is 1. The van der Waals surface area contributed by atoms with E-state index in [0.29, 0.717) is 5.75 Å². The molecule has 3 aromatic rings. The molecule has 0 aliphatic rings. The molecule has 0 spiro atoms. The SMILES string of the molecule is Nc1nc(Oc2ccc(CO)cc2)nc(-n2cccn2)n1. The van der Waals surface area contributed by atoms with Crippen molar-refractivity contribution in [2.24, 2.45) is 0 Å². The molecular weight excluding hydrogens is 272 g/mol. The summed E-state index contributed by atoms with van der Waals surface area (Å²) in [5.74, 6) is 0.844. The molecule has 0 aliphatic heterocycles. The highest BCUT2D eigenvalue weighted by molar-refractivity contribution is 5.31. The van der Waals surface area contributed by atoms with Gasteiger partial charge in [-0.15, -0.1) is 0 Å². The van der Waals surface area contributed by atoms with Crippen molar-refractivity contribution >= 4 is 5.95 Å². The van der Waals surface area contributed by atoms with Gasteiger partial charge in [-0.25, -0.2) is 4.68 Å². The average Bonchev–Trinajstić information content (AvgIpc) is 3.02. The molecule has 106 valence electrons. The average molecular weight is 284 g/mol. The number of hydrogen-bond donors (Lipinski definition) is 2. The van der Waals surface area contributed by atoms with Crippen molar-refractivity contribution in [1.29, 1.82) is 0 Å². The fraction of sp³-hybridized carbons (Fsp3) is 0.0769. The van der Waals surface area contributed by atoms with Crippen molar-refractivity contribution < 1.29 is 9.84 Å². The molecule has 3 rings (SSSR count). The Morgan fingerprint density at radius 3 is 2.62 bits per heavy atom. The molecule has 0 saturated heterocycles. The van der Waals surface area contributed by atoms with Gasteiger partial charge in [0.1, 0.15) is 5.75 Å². The van der Waals surface area contributed by atoms with Crippen LogP contribution in [0.4, 0.5) is 5.95 Å². The summed E-state index contributed by atoms with van der Waals surface area (Å²) in [7, 11) is 0. The largest absolute Gasteiger partial charge is 0.424 e. The lowest BCUT2D eigenvalue weighted by molar-refractivity contribution is 0.281. The number of aliphatic hydroxyl groups excluding tert-OH is 1. The minimum atomic E-state index is -0.0254. The standard InChI is InChI=1S/C13H12N6O2/c14-11-16-12(19-7-1-6-15-19)18-13(17-11)21-10-4-2-9(8-20)3-5-10/h1-7,20H,8H2,(H2,14,16,17,18). The lowest BCUT2D eigenvalue weighted by Gasteiger charge is -2.06. The number of ether oxygens (including phenoxy) is 1. The second-order valence-electron chi connectivity index (χ2n) is 4.13. The van der Waals surface area contributed by atoms with Gasteiger partial charge in [0.15, 0.2) is 0 Å². The van der Waals surface area contributed by atoms with Crippen LogP contribution >= 0.6 is 0 Å². The molecule has 0 unspecified atom stereocenters. The maximum Gasteiger partial charge on any atom is 0.328 e. The molecule has 8 heteroatoms. The summed E-state index contributed by atoms with van der Waals surface area (Å²) < 4.78 is 6.99. The quantitative estimate of drug-likeness (QED) is 0.732. The Bertz CT molecular complexity index is 727. The fourth-order valence-corrected chi connectivity index (χ4v) is 1.66. The minimum absolute atomic E-state index is 0.0254. The molecule has 1 aromatic carbocycles. The van der Waals surface area contributed by atoms with Gasteiger partial charge in [-0.2, -0.15) is 20.1 Å². The van der Waals surface area contributed by atoms with E-state index < -0.39 is 0 Å². The maximum absolute atomic E-state index is 9.00. The van der Waals surface area contributed by atoms with Crippen LogP contribution in [0.3, 0.4) is 0 Å². The fourth-order valence-electron chi connectivity index (χ4n) is 1.66. The van der Waals surface area contributed by atoms with E-state index in [4.69, 9.17) is 15.6 Å². The number of benzene rings is 1. The molecule has 0 radical (unpaired) electrons. The highest BCUT2D eigenvalue weighted by Gasteiger charge is 2.08. The third-order valence-electron chi connectivity index (χ3n) is 2.64. The van der Waals surface area contributed by atoms with E-state index >= 15 is 0 Å². The van der Waals surface area contributed by atoms with Gasteiger partial charge < -0.3 is 15.6 Å². The number of anilines is 1. The summed E-state index contributed by atoms with van der Waals surface area (Å²) in [5.41, 5.74) is 6.44. The van der Waals surface area contributed by atoms with Crippen LogP contribution in [-0.2, 0) is 6.61 Å². The van der Waals surface area contributed by atoms with Gasteiger partial charge in [-0.3, -0.25) is 0 Å². The lowest BCUT2D eigenvalue weighted by Crippen LogP contribution is -2.07. The number of rotatable bonds is 4. The van der Waals surface area contributed by atoms with E-state index in [0.717, 1.165) is 5.56 Å². The molecular formula is C13H12N6O2. The third-order valence-corrected chi connectivity index (χ3v) is 2.64. The van der Waals surface area contributed by atoms with Crippen LogP contribution < -0.4 is 10.5 Å². The molecule has 2 heterocycles. The van der Waals surface area contributed by atoms with Crippen LogP contribution in [0.1, 0.15) is 5.56 Å². The van der Waals surface area contributed by atoms with Gasteiger partial charge >= 0.3 is 6.01 Å². The second-order valence-corrected chi connectivity index (χ2v) is 4.13. The van der Waals surface area contributed by atoms with Gasteiger partial charge in [0.2, 0.25) is 5.95 Å². The Morgan fingerprint density at radius 1 is 1.14 bits per heavy atom. The van der Waals surface area contributed by atoms with Gasteiger partial charge in [0, 0.05) is 12.4 Å². The lowest BCUT2D eigenvalue weighted by atomic mass is 10.2. The van der Waals surface area contributed by atoms with Gasteiger partial charge in [0.05, 0.1) is 6.61 Å². The Morgan fingerprint density at radius 2 is 1.95 bits per heavy atom. The zero-order chi connectivity index (χ0) is 14.7. The highest BCUT2D eigenvalue weighted by Crippen LogP contribution is 2.19. The number of aliphatic hydroxyl groups is 1. The topological polar surface area (TPSA) is 112 Å². The summed E-state index contributed by atoms with van der Waals surface area (Å²) in [4.78, 5) is 12.1. The van der Waals surface area contributed by atoms with E-state index in [2.05, 4.69) is 20.1 Å². The molecule has 0 saturated carbocycles. The van der Waals surface area contributed by atoms with Gasteiger partial charge in [0.25, 0.3) is 5.95 Å². The van der Waals surface area contributed by atoms with E-state index in [1.54, 1.807) is 42.7 Å². The molecule has 0 bridgehead atoms. The first-order valence-corrected chi connectivity index (χ1v) is 6.14. The van der Waals surface area contributed by atoms with Crippen LogP contribution in [0, 0.1) is 0 Å². The molecule has 2 aromatic heterocycles. The van der Waals surface area contributed by atoms with Crippen LogP contribution in [0.5, 0.6) is 11.8 Å². The smallest absolute Gasteiger partial charge is 0.328 e. The highest BCUT2D eigenvalue weighted by atomic mass is 16.5. The van der Waals surface area contributed by atoms with Crippen molar-refractivity contribution in [2.75, 3.05) is 5.73 Å². The van der Waals surface area contributed by atoms with Crippen LogP contribution in [0.2, 0.25) is 0 Å². The summed E-state index contributed by atoms with van der Waals surface area (Å²) in [6.07, 6.45) is 3.29. The molecule has 0 amide bonds. The van der Waals surface area contributed by atoms with Crippen molar-refractivity contribution in [3.63, 3.8) is 0 Å². The first-order chi connectivity index (χ1) is 10.2. The number of nitrogens with two attached hydrogens (primary N) is 1. The molecule has 21 heavy (non-hydrogen) atoms. The molecule has 0 atom stereocenters. The number of aromatic nitrogens is 5. The molecule has 0 fully saturated rings. The summed E-state index contributed by atoms with van der Waals surface area (Å²) in [6, 6.07) is 8.72. The predicted molar refractivity (Wildman–Crippen MR) is 73.8 cm³/mol. The van der Waals surface area contributed by atoms with Crippen molar-refractivity contribution in [3.8, 4) is 17.7 Å². The van der Waals surface area contributed by atoms with Crippen molar-refractivity contribution in [1.82, 2.24) is 24.7 Å². The second kappa shape index (κ2) is 5.55. The zero-order valence-corrected chi connectivity index (χ0v) is 10.9. The normalized spacial score (nSPS) is 10.5. The zero-order valence-electron chi connectivity index (χ0n) is 10.9. The summed E-state index contributed by atoms with van der Waals surface area (Å²) in [5, 5.41) is 13.0. The predicted octanol–water partition coefficient (Wildman–Crippen LogP) is 0.924. The first kappa shape index (κ1) is 13.0. The van der Waals surface area contributed by atoms with E-state index in [-0.39, 0.29) is 24.5 Å². The first-order valence-electron chi connectivity index (χ1n) is 6.14. The Kier molecular flexibility index (Phi) is 3.44. The van der Waals surface area contributed by atoms with Crippen LogP contribution in [0.25, 0.3) is 5.95 Å². The van der Waals surface area contributed by atoms with Crippen LogP contribution in [-0.4, -0.2) is 29.8 Å². The van der Waals surface area contributed by atoms with Crippen molar-refractivity contribution in [3.05, 3.63) is 48.3 Å². The third kappa shape index (κ3) is 2.95.